The third-order valence-electron chi connectivity index (χ3n) is 5.67. The van der Waals surface area contributed by atoms with Crippen LogP contribution in [0.15, 0.2) is 42.5 Å². The monoisotopic (exact) mass is 521 g/mol. The summed E-state index contributed by atoms with van der Waals surface area (Å²) in [7, 11) is 0. The zero-order valence-corrected chi connectivity index (χ0v) is 20.6. The lowest BCUT2D eigenvalue weighted by atomic mass is 10.0. The maximum Gasteiger partial charge on any atom is 0.416 e. The van der Waals surface area contributed by atoms with Gasteiger partial charge in [-0.2, -0.15) is 13.2 Å². The number of benzene rings is 2. The van der Waals surface area contributed by atoms with E-state index in [1.54, 1.807) is 32.0 Å². The van der Waals surface area contributed by atoms with Crippen LogP contribution in [0.1, 0.15) is 43.0 Å². The number of alkyl carbamates (subject to hydrolysis) is 1. The second-order valence-electron chi connectivity index (χ2n) is 8.23. The first-order valence-electron chi connectivity index (χ1n) is 11.9. The van der Waals surface area contributed by atoms with Gasteiger partial charge >= 0.3 is 12.3 Å². The van der Waals surface area contributed by atoms with Crippen molar-refractivity contribution in [1.82, 2.24) is 20.2 Å². The zero-order valence-electron chi connectivity index (χ0n) is 20.6. The van der Waals surface area contributed by atoms with E-state index in [0.29, 0.717) is 17.6 Å². The largest absolute Gasteiger partial charge is 0.450 e. The SMILES string of the molecule is CCOC(=O)NCc1ccc2nc(NC(CC(=O)N(CC)CCO)c3cccc(C(F)(F)F)c3)[nH]c2c1. The maximum absolute atomic E-state index is 13.4. The van der Waals surface area contributed by atoms with Gasteiger partial charge in [0.1, 0.15) is 0 Å². The minimum atomic E-state index is -4.54. The molecular formula is C25H30F3N5O4. The number of H-pyrrole nitrogens is 1. The number of nitrogens with one attached hydrogen (secondary N) is 3. The predicted molar refractivity (Wildman–Crippen MR) is 132 cm³/mol. The van der Waals surface area contributed by atoms with Crippen molar-refractivity contribution in [2.45, 2.75) is 39.0 Å². The van der Waals surface area contributed by atoms with Crippen LogP contribution in [0.4, 0.5) is 23.9 Å². The number of aliphatic hydroxyl groups excluding tert-OH is 1. The van der Waals surface area contributed by atoms with Gasteiger partial charge in [-0.25, -0.2) is 9.78 Å². The maximum atomic E-state index is 13.4. The molecule has 4 N–H and O–H groups in total. The van der Waals surface area contributed by atoms with E-state index in [4.69, 9.17) is 4.74 Å². The van der Waals surface area contributed by atoms with Crippen LogP contribution in [0, 0.1) is 0 Å². The average Bonchev–Trinajstić information content (AvgIpc) is 3.27. The predicted octanol–water partition coefficient (Wildman–Crippen LogP) is 4.21. The van der Waals surface area contributed by atoms with Crippen LogP contribution in [-0.2, 0) is 22.3 Å². The van der Waals surface area contributed by atoms with Crippen LogP contribution in [0.5, 0.6) is 0 Å². The molecule has 1 heterocycles. The van der Waals surface area contributed by atoms with Crippen LogP contribution in [-0.4, -0.2) is 58.3 Å². The topological polar surface area (TPSA) is 120 Å². The van der Waals surface area contributed by atoms with Crippen molar-refractivity contribution < 1.29 is 32.6 Å². The molecule has 9 nitrogen and oxygen atoms in total. The van der Waals surface area contributed by atoms with Crippen LogP contribution in [0.3, 0.4) is 0 Å². The summed E-state index contributed by atoms with van der Waals surface area (Å²) in [6.45, 7) is 4.20. The number of aromatic nitrogens is 2. The molecule has 0 aliphatic heterocycles. The molecule has 0 saturated carbocycles. The van der Waals surface area contributed by atoms with Crippen molar-refractivity contribution >= 4 is 29.0 Å². The Labute approximate surface area is 212 Å². The summed E-state index contributed by atoms with van der Waals surface area (Å²) in [6.07, 6.45) is -5.23. The molecule has 2 amide bonds. The zero-order chi connectivity index (χ0) is 27.0. The summed E-state index contributed by atoms with van der Waals surface area (Å²) < 4.78 is 44.9. The number of ether oxygens (including phenoxy) is 1. The smallest absolute Gasteiger partial charge is 0.416 e. The minimum absolute atomic E-state index is 0.123. The van der Waals surface area contributed by atoms with E-state index in [1.165, 1.54) is 17.0 Å². The molecule has 0 aliphatic rings. The van der Waals surface area contributed by atoms with E-state index in [-0.39, 0.29) is 50.1 Å². The van der Waals surface area contributed by atoms with E-state index >= 15 is 0 Å². The third kappa shape index (κ3) is 7.59. The van der Waals surface area contributed by atoms with Gasteiger partial charge in [0.2, 0.25) is 11.9 Å². The number of hydrogen-bond donors (Lipinski definition) is 4. The Morgan fingerprint density at radius 2 is 1.97 bits per heavy atom. The number of hydrogen-bond acceptors (Lipinski definition) is 6. The van der Waals surface area contributed by atoms with E-state index in [9.17, 15) is 27.9 Å². The van der Waals surface area contributed by atoms with Gasteiger partial charge in [-0.1, -0.05) is 18.2 Å². The van der Waals surface area contributed by atoms with Gasteiger partial charge in [-0.05, 0) is 49.2 Å². The molecule has 0 radical (unpaired) electrons. The van der Waals surface area contributed by atoms with E-state index in [2.05, 4.69) is 20.6 Å². The number of anilines is 1. The Morgan fingerprint density at radius 3 is 2.65 bits per heavy atom. The second kappa shape index (κ2) is 12.4. The fourth-order valence-electron chi connectivity index (χ4n) is 3.82. The van der Waals surface area contributed by atoms with Crippen molar-refractivity contribution in [2.75, 3.05) is 31.6 Å². The Hall–Kier alpha value is -3.80. The first kappa shape index (κ1) is 27.8. The number of likely N-dealkylation sites (N-methyl/N-ethyl adjacent to an activating group) is 1. The van der Waals surface area contributed by atoms with Crippen LogP contribution in [0.25, 0.3) is 11.0 Å². The number of alkyl halides is 3. The highest BCUT2D eigenvalue weighted by molar-refractivity contribution is 5.80. The molecule has 12 heteroatoms. The first-order valence-corrected chi connectivity index (χ1v) is 11.9. The van der Waals surface area contributed by atoms with Crippen molar-refractivity contribution in [1.29, 1.82) is 0 Å². The van der Waals surface area contributed by atoms with Crippen LogP contribution < -0.4 is 10.6 Å². The summed E-state index contributed by atoms with van der Waals surface area (Å²) in [4.78, 5) is 33.4. The molecule has 0 spiro atoms. The van der Waals surface area contributed by atoms with Crippen LogP contribution >= 0.6 is 0 Å². The summed E-state index contributed by atoms with van der Waals surface area (Å²) in [5.74, 6) is -0.0548. The number of imidazole rings is 1. The molecule has 3 rings (SSSR count). The second-order valence-corrected chi connectivity index (χ2v) is 8.23. The Morgan fingerprint density at radius 1 is 1.19 bits per heavy atom. The number of aliphatic hydroxyl groups is 1. The van der Waals surface area contributed by atoms with Gasteiger partial charge in [0, 0.05) is 19.6 Å². The van der Waals surface area contributed by atoms with Crippen molar-refractivity contribution in [3.8, 4) is 0 Å². The molecule has 0 bridgehead atoms. The lowest BCUT2D eigenvalue weighted by Crippen LogP contribution is -2.35. The average molecular weight is 522 g/mol. The Bertz CT molecular complexity index is 1210. The summed E-state index contributed by atoms with van der Waals surface area (Å²) in [5, 5.41) is 14.9. The number of fused-ring (bicyclic) bond motifs is 1. The summed E-state index contributed by atoms with van der Waals surface area (Å²) >= 11 is 0. The van der Waals surface area contributed by atoms with E-state index in [1.807, 2.05) is 0 Å². The number of aromatic amines is 1. The van der Waals surface area contributed by atoms with Crippen molar-refractivity contribution in [3.05, 3.63) is 59.2 Å². The Kier molecular flexibility index (Phi) is 9.34. The molecule has 1 unspecified atom stereocenters. The van der Waals surface area contributed by atoms with E-state index < -0.39 is 23.9 Å². The van der Waals surface area contributed by atoms with Gasteiger partial charge in [0.15, 0.2) is 0 Å². The highest BCUT2D eigenvalue weighted by atomic mass is 19.4. The lowest BCUT2D eigenvalue weighted by molar-refractivity contribution is -0.137. The number of halogens is 3. The Balaban J connectivity index is 1.86. The molecule has 200 valence electrons. The first-order chi connectivity index (χ1) is 17.6. The molecule has 1 atom stereocenters. The number of carbonyl (C=O) groups is 2. The molecule has 3 aromatic rings. The fourth-order valence-corrected chi connectivity index (χ4v) is 3.82. The van der Waals surface area contributed by atoms with Gasteiger partial charge in [0.05, 0.1) is 42.3 Å². The molecule has 0 aliphatic carbocycles. The molecule has 37 heavy (non-hydrogen) atoms. The lowest BCUT2D eigenvalue weighted by Gasteiger charge is -2.24. The number of amides is 2. The standard InChI is InChI=1S/C25H30F3N5O4/c1-3-33(10-11-34)22(35)14-20(17-6-5-7-18(13-17)25(26,27)28)31-23-30-19-9-8-16(12-21(19)32-23)15-29-24(36)37-4-2/h5-9,12-13,20,34H,3-4,10-11,14-15H2,1-2H3,(H,29,36)(H2,30,31,32). The van der Waals surface area contributed by atoms with Gasteiger partial charge in [-0.3, -0.25) is 4.79 Å². The number of rotatable bonds is 11. The fraction of sp³-hybridized carbons (Fsp3) is 0.400. The molecule has 1 aromatic heterocycles. The van der Waals surface area contributed by atoms with E-state index in [0.717, 1.165) is 17.7 Å². The van der Waals surface area contributed by atoms with Gasteiger partial charge in [-0.15, -0.1) is 0 Å². The molecule has 0 saturated heterocycles. The minimum Gasteiger partial charge on any atom is -0.450 e. The van der Waals surface area contributed by atoms with Gasteiger partial charge < -0.3 is 30.4 Å². The van der Waals surface area contributed by atoms with Gasteiger partial charge in [0.25, 0.3) is 0 Å². The number of carbonyl (C=O) groups excluding carboxylic acids is 2. The molecule has 2 aromatic carbocycles. The summed E-state index contributed by atoms with van der Waals surface area (Å²) in [5.41, 5.74) is 1.45. The summed E-state index contributed by atoms with van der Waals surface area (Å²) in [6, 6.07) is 9.27. The molecule has 0 fully saturated rings. The highest BCUT2D eigenvalue weighted by Gasteiger charge is 2.31. The van der Waals surface area contributed by atoms with Crippen molar-refractivity contribution in [2.24, 2.45) is 0 Å². The third-order valence-corrected chi connectivity index (χ3v) is 5.67. The van der Waals surface area contributed by atoms with Crippen LogP contribution in [0.2, 0.25) is 0 Å². The quantitative estimate of drug-likeness (QED) is 0.300. The molecular weight excluding hydrogens is 491 g/mol. The number of nitrogens with zero attached hydrogens (tertiary/aromatic N) is 2. The highest BCUT2D eigenvalue weighted by Crippen LogP contribution is 2.32. The van der Waals surface area contributed by atoms with Crippen molar-refractivity contribution in [3.63, 3.8) is 0 Å². The normalized spacial score (nSPS) is 12.3.